The number of nitriles is 1. The van der Waals surface area contributed by atoms with Crippen molar-refractivity contribution in [3.05, 3.63) is 111 Å². The highest BCUT2D eigenvalue weighted by atomic mass is 79.9. The average molecular weight is 489 g/mol. The van der Waals surface area contributed by atoms with Gasteiger partial charge in [-0.3, -0.25) is 14.5 Å². The number of carbonyl (C=O) groups excluding carboxylic acids is 2. The van der Waals surface area contributed by atoms with Crippen LogP contribution < -0.4 is 4.90 Å². The molecule has 1 atom stereocenters. The third-order valence-electron chi connectivity index (χ3n) is 4.89. The number of ketones is 1. The lowest BCUT2D eigenvalue weighted by Gasteiger charge is -2.18. The summed E-state index contributed by atoms with van der Waals surface area (Å²) in [4.78, 5) is 28.0. The first-order valence-corrected chi connectivity index (χ1v) is 11.3. The van der Waals surface area contributed by atoms with E-state index in [1.807, 2.05) is 60.7 Å². The number of thioether (sulfide) groups is 1. The van der Waals surface area contributed by atoms with Gasteiger partial charge >= 0.3 is 0 Å². The van der Waals surface area contributed by atoms with Crippen molar-refractivity contribution in [2.75, 3.05) is 4.90 Å². The van der Waals surface area contributed by atoms with E-state index < -0.39 is 5.25 Å². The molecule has 4 nitrogen and oxygen atoms in total. The van der Waals surface area contributed by atoms with Crippen molar-refractivity contribution in [3.63, 3.8) is 0 Å². The van der Waals surface area contributed by atoms with Crippen LogP contribution in [0.1, 0.15) is 15.9 Å². The van der Waals surface area contributed by atoms with Crippen LogP contribution in [0, 0.1) is 11.3 Å². The van der Waals surface area contributed by atoms with Gasteiger partial charge in [-0.05, 0) is 36.2 Å². The van der Waals surface area contributed by atoms with Crippen LogP contribution in [-0.4, -0.2) is 16.9 Å². The van der Waals surface area contributed by atoms with Crippen molar-refractivity contribution in [1.29, 1.82) is 5.26 Å². The second-order valence-corrected chi connectivity index (χ2v) is 9.04. The topological polar surface area (TPSA) is 61.2 Å². The number of benzene rings is 3. The van der Waals surface area contributed by atoms with Gasteiger partial charge in [-0.1, -0.05) is 88.4 Å². The first-order valence-electron chi connectivity index (χ1n) is 9.62. The van der Waals surface area contributed by atoms with Gasteiger partial charge in [-0.25, -0.2) is 0 Å². The molecule has 0 aromatic heterocycles. The van der Waals surface area contributed by atoms with Crippen LogP contribution >= 0.6 is 27.7 Å². The predicted molar refractivity (Wildman–Crippen MR) is 127 cm³/mol. The Labute approximate surface area is 193 Å². The Balaban J connectivity index is 1.77. The molecule has 152 valence electrons. The Hall–Kier alpha value is -3.14. The molecular weight excluding hydrogens is 472 g/mol. The molecule has 0 spiro atoms. The largest absolute Gasteiger partial charge is 0.288 e. The number of para-hydroxylation sites is 1. The van der Waals surface area contributed by atoms with Gasteiger partial charge in [0, 0.05) is 15.7 Å². The zero-order valence-corrected chi connectivity index (χ0v) is 18.8. The number of Topliss-reactive ketones (excluding diaryl/α,β-unsaturated/α-hetero) is 1. The van der Waals surface area contributed by atoms with Gasteiger partial charge in [0.2, 0.25) is 11.7 Å². The van der Waals surface area contributed by atoms with Crippen LogP contribution in [0.5, 0.6) is 0 Å². The van der Waals surface area contributed by atoms with E-state index in [0.29, 0.717) is 22.7 Å². The molecule has 1 heterocycles. The average Bonchev–Trinajstić information content (AvgIpc) is 3.12. The van der Waals surface area contributed by atoms with Gasteiger partial charge in [0.15, 0.2) is 0 Å². The predicted octanol–water partition coefficient (Wildman–Crippen LogP) is 5.76. The third kappa shape index (κ3) is 4.48. The van der Waals surface area contributed by atoms with E-state index in [2.05, 4.69) is 22.0 Å². The lowest BCUT2D eigenvalue weighted by molar-refractivity contribution is -0.117. The van der Waals surface area contributed by atoms with Crippen molar-refractivity contribution in [2.45, 2.75) is 11.7 Å². The Morgan fingerprint density at radius 3 is 2.19 bits per heavy atom. The molecule has 0 aliphatic carbocycles. The number of rotatable bonds is 5. The van der Waals surface area contributed by atoms with E-state index in [-0.39, 0.29) is 17.3 Å². The van der Waals surface area contributed by atoms with Crippen molar-refractivity contribution in [1.82, 2.24) is 0 Å². The van der Waals surface area contributed by atoms with Gasteiger partial charge in [-0.2, -0.15) is 5.26 Å². The normalized spacial score (nSPS) is 17.4. The fourth-order valence-corrected chi connectivity index (χ4v) is 4.94. The number of hydrogen-bond acceptors (Lipinski definition) is 4. The minimum atomic E-state index is -0.427. The van der Waals surface area contributed by atoms with Crippen LogP contribution in [0.4, 0.5) is 5.69 Å². The third-order valence-corrected chi connectivity index (χ3v) is 6.68. The summed E-state index contributed by atoms with van der Waals surface area (Å²) in [5.41, 5.74) is 2.05. The summed E-state index contributed by atoms with van der Waals surface area (Å²) in [5, 5.41) is 9.85. The lowest BCUT2D eigenvalue weighted by Crippen LogP contribution is -2.30. The molecule has 1 aliphatic heterocycles. The van der Waals surface area contributed by atoms with E-state index in [0.717, 1.165) is 10.0 Å². The van der Waals surface area contributed by atoms with E-state index in [4.69, 9.17) is 0 Å². The van der Waals surface area contributed by atoms with E-state index in [1.165, 1.54) is 16.7 Å². The number of amides is 1. The second-order valence-electron chi connectivity index (χ2n) is 6.93. The molecule has 0 radical (unpaired) electrons. The fraction of sp³-hybridized carbons (Fsp3) is 0.0800. The van der Waals surface area contributed by atoms with Gasteiger partial charge in [0.1, 0.15) is 16.7 Å². The van der Waals surface area contributed by atoms with Crippen LogP contribution in [0.15, 0.2) is 100 Å². The van der Waals surface area contributed by atoms with Crippen LogP contribution in [0.2, 0.25) is 0 Å². The summed E-state index contributed by atoms with van der Waals surface area (Å²) in [6.07, 6.45) is 0.502. The minimum absolute atomic E-state index is 0.0216. The molecule has 0 unspecified atom stereocenters. The minimum Gasteiger partial charge on any atom is -0.288 e. The number of hydrogen-bond donors (Lipinski definition) is 0. The molecule has 6 heteroatoms. The van der Waals surface area contributed by atoms with E-state index in [1.54, 1.807) is 24.3 Å². The first kappa shape index (κ1) is 21.1. The number of carbonyl (C=O) groups is 2. The maximum atomic E-state index is 13.4. The number of anilines is 1. The van der Waals surface area contributed by atoms with Gasteiger partial charge in [-0.15, -0.1) is 0 Å². The number of halogens is 1. The molecule has 1 amide bonds. The summed E-state index contributed by atoms with van der Waals surface area (Å²) in [5.74, 6) is -0.522. The lowest BCUT2D eigenvalue weighted by atomic mass is 10.0. The van der Waals surface area contributed by atoms with Crippen molar-refractivity contribution in [2.24, 2.45) is 0 Å². The molecule has 4 rings (SSSR count). The molecule has 1 fully saturated rings. The fourth-order valence-electron chi connectivity index (χ4n) is 3.37. The van der Waals surface area contributed by atoms with E-state index >= 15 is 0 Å². The summed E-state index contributed by atoms with van der Waals surface area (Å²) in [6, 6.07) is 27.7. The Bertz CT molecular complexity index is 1190. The molecular formula is C25H17BrN2O2S. The van der Waals surface area contributed by atoms with Crippen molar-refractivity contribution >= 4 is 45.1 Å². The van der Waals surface area contributed by atoms with Crippen molar-refractivity contribution < 1.29 is 9.59 Å². The van der Waals surface area contributed by atoms with Crippen molar-refractivity contribution in [3.8, 4) is 6.07 Å². The van der Waals surface area contributed by atoms with Gasteiger partial charge < -0.3 is 0 Å². The summed E-state index contributed by atoms with van der Waals surface area (Å²) < 4.78 is 0.966. The Kier molecular flexibility index (Phi) is 6.36. The summed E-state index contributed by atoms with van der Waals surface area (Å²) in [6.45, 7) is 0. The van der Waals surface area contributed by atoms with Gasteiger partial charge in [0.05, 0.1) is 5.25 Å². The first-order chi connectivity index (χ1) is 15.1. The molecule has 0 saturated carbocycles. The highest BCUT2D eigenvalue weighted by molar-refractivity contribution is 9.10. The molecule has 3 aromatic carbocycles. The Morgan fingerprint density at radius 2 is 1.58 bits per heavy atom. The molecule has 31 heavy (non-hydrogen) atoms. The SMILES string of the molecule is N#C/C(C(=O)c1ccccc1)=C1/S[C@@H](Cc2ccc(Br)cc2)C(=O)N1c1ccccc1. The summed E-state index contributed by atoms with van der Waals surface area (Å²) >= 11 is 4.70. The maximum absolute atomic E-state index is 13.4. The van der Waals surface area contributed by atoms with E-state index in [9.17, 15) is 14.9 Å². The summed E-state index contributed by atoms with van der Waals surface area (Å²) in [7, 11) is 0. The van der Waals surface area contributed by atoms with Crippen LogP contribution in [0.3, 0.4) is 0 Å². The number of nitrogens with zero attached hydrogens (tertiary/aromatic N) is 2. The zero-order valence-electron chi connectivity index (χ0n) is 16.4. The number of allylic oxidation sites excluding steroid dienone is 1. The Morgan fingerprint density at radius 1 is 0.968 bits per heavy atom. The smallest absolute Gasteiger partial charge is 0.245 e. The quantitative estimate of drug-likeness (QED) is 0.260. The standard InChI is InChI=1S/C25H17BrN2O2S/c26-19-13-11-17(12-14-19)15-22-24(30)28(20-9-5-2-6-10-20)25(31-22)21(16-27)23(29)18-7-3-1-4-8-18/h1-14,22H,15H2/b25-21-/t22-/m0/s1. The van der Waals surface area contributed by atoms with Crippen LogP contribution in [0.25, 0.3) is 0 Å². The highest BCUT2D eigenvalue weighted by Crippen LogP contribution is 2.42. The molecule has 1 saturated heterocycles. The maximum Gasteiger partial charge on any atom is 0.245 e. The molecule has 3 aromatic rings. The van der Waals surface area contributed by atoms with Crippen LogP contribution in [-0.2, 0) is 11.2 Å². The molecule has 0 bridgehead atoms. The second kappa shape index (κ2) is 9.34. The molecule has 1 aliphatic rings. The highest BCUT2D eigenvalue weighted by Gasteiger charge is 2.40. The zero-order chi connectivity index (χ0) is 21.8. The molecule has 0 N–H and O–H groups in total. The van der Waals surface area contributed by atoms with Gasteiger partial charge in [0.25, 0.3) is 0 Å². The monoisotopic (exact) mass is 488 g/mol.